The van der Waals surface area contributed by atoms with Crippen molar-refractivity contribution < 1.29 is 14.0 Å². The Morgan fingerprint density at radius 1 is 1.34 bits per heavy atom. The molecule has 4 rings (SSSR count). The summed E-state index contributed by atoms with van der Waals surface area (Å²) in [6.07, 6.45) is 4.03. The maximum Gasteiger partial charge on any atom is 0.253 e. The van der Waals surface area contributed by atoms with Gasteiger partial charge in [-0.05, 0) is 43.1 Å². The average Bonchev–Trinajstić information content (AvgIpc) is 3.37. The molecular formula is C22H27FN4O2. The lowest BCUT2D eigenvalue weighted by molar-refractivity contribution is 0.0909. The minimum Gasteiger partial charge on any atom is -0.384 e. The molecule has 154 valence electrons. The smallest absolute Gasteiger partial charge is 0.253 e. The van der Waals surface area contributed by atoms with Crippen molar-refractivity contribution in [3.63, 3.8) is 0 Å². The largest absolute Gasteiger partial charge is 0.384 e. The Morgan fingerprint density at radius 2 is 2.07 bits per heavy atom. The molecule has 0 saturated heterocycles. The van der Waals surface area contributed by atoms with Crippen LogP contribution in [0.2, 0.25) is 0 Å². The number of nitrogens with one attached hydrogen (secondary N) is 1. The Balaban J connectivity index is 1.84. The van der Waals surface area contributed by atoms with Gasteiger partial charge in [0.15, 0.2) is 5.78 Å². The predicted molar refractivity (Wildman–Crippen MR) is 109 cm³/mol. The van der Waals surface area contributed by atoms with Gasteiger partial charge in [0.1, 0.15) is 5.82 Å². The molecule has 0 atom stereocenters. The summed E-state index contributed by atoms with van der Waals surface area (Å²) in [4.78, 5) is 24.6. The Labute approximate surface area is 169 Å². The van der Waals surface area contributed by atoms with Crippen LogP contribution >= 0.6 is 0 Å². The van der Waals surface area contributed by atoms with Crippen LogP contribution in [0.15, 0.2) is 12.1 Å². The molecule has 3 N–H and O–H groups in total. The molecule has 2 aliphatic rings. The van der Waals surface area contributed by atoms with E-state index in [0.717, 1.165) is 24.2 Å². The van der Waals surface area contributed by atoms with Crippen LogP contribution in [0.4, 0.5) is 10.1 Å². The van der Waals surface area contributed by atoms with E-state index in [1.807, 2.05) is 6.92 Å². The third kappa shape index (κ3) is 3.66. The zero-order valence-corrected chi connectivity index (χ0v) is 17.1. The topological polar surface area (TPSA) is 90.0 Å². The number of aryl methyl sites for hydroxylation is 1. The summed E-state index contributed by atoms with van der Waals surface area (Å²) in [6.45, 7) is 6.73. The number of anilines is 1. The number of ketones is 1. The summed E-state index contributed by atoms with van der Waals surface area (Å²) in [6, 6.07) is 2.99. The first-order valence-electron chi connectivity index (χ1n) is 10.2. The summed E-state index contributed by atoms with van der Waals surface area (Å²) in [5.74, 6) is -0.858. The maximum atomic E-state index is 14.9. The molecule has 7 heteroatoms. The number of hydrogen-bond acceptors (Lipinski definition) is 4. The molecular weight excluding hydrogens is 371 g/mol. The highest BCUT2D eigenvalue weighted by atomic mass is 19.1. The van der Waals surface area contributed by atoms with Gasteiger partial charge in [-0.3, -0.25) is 9.59 Å². The molecule has 29 heavy (non-hydrogen) atoms. The van der Waals surface area contributed by atoms with E-state index in [2.05, 4.69) is 24.3 Å². The highest BCUT2D eigenvalue weighted by molar-refractivity contribution is 6.00. The van der Waals surface area contributed by atoms with Crippen molar-refractivity contribution in [2.24, 2.45) is 17.1 Å². The van der Waals surface area contributed by atoms with Crippen molar-refractivity contribution >= 4 is 17.4 Å². The van der Waals surface area contributed by atoms with Gasteiger partial charge in [0.05, 0.1) is 33.9 Å². The van der Waals surface area contributed by atoms with E-state index < -0.39 is 11.7 Å². The number of primary amides is 1. The van der Waals surface area contributed by atoms with Gasteiger partial charge >= 0.3 is 0 Å². The minimum atomic E-state index is -0.805. The quantitative estimate of drug-likeness (QED) is 0.777. The van der Waals surface area contributed by atoms with E-state index in [1.165, 1.54) is 6.07 Å². The second kappa shape index (κ2) is 6.97. The molecule has 0 unspecified atom stereocenters. The predicted octanol–water partition coefficient (Wildman–Crippen LogP) is 3.65. The number of benzene rings is 1. The number of halogens is 1. The normalized spacial score (nSPS) is 17.9. The van der Waals surface area contributed by atoms with Crippen LogP contribution in [0, 0.1) is 17.2 Å². The van der Waals surface area contributed by atoms with E-state index in [1.54, 1.807) is 10.7 Å². The molecule has 0 spiro atoms. The van der Waals surface area contributed by atoms with Crippen LogP contribution < -0.4 is 11.1 Å². The molecule has 2 aromatic rings. The van der Waals surface area contributed by atoms with E-state index in [-0.39, 0.29) is 16.8 Å². The number of carbonyl (C=O) groups excluding carboxylic acids is 2. The fourth-order valence-electron chi connectivity index (χ4n) is 4.17. The highest BCUT2D eigenvalue weighted by Crippen LogP contribution is 2.38. The standard InChI is InChI=1S/C22H27FN4O2/c1-4-15-20-17(9-22(2,3)10-18(20)28)27(26-15)13-7-14(23)19(21(24)29)16(8-13)25-11-12-5-6-12/h7-8,12,25H,4-6,9-11H2,1-3H3,(H2,24,29). The van der Waals surface area contributed by atoms with Crippen molar-refractivity contribution in [2.45, 2.75) is 52.9 Å². The van der Waals surface area contributed by atoms with Crippen LogP contribution in [0.3, 0.4) is 0 Å². The van der Waals surface area contributed by atoms with E-state index in [9.17, 15) is 14.0 Å². The summed E-state index contributed by atoms with van der Waals surface area (Å²) >= 11 is 0. The second-order valence-corrected chi connectivity index (χ2v) is 9.01. The fraction of sp³-hybridized carbons (Fsp3) is 0.500. The Hall–Kier alpha value is -2.70. The molecule has 1 aromatic carbocycles. The van der Waals surface area contributed by atoms with Gasteiger partial charge in [-0.15, -0.1) is 0 Å². The Bertz CT molecular complexity index is 1000. The van der Waals surface area contributed by atoms with Gasteiger partial charge < -0.3 is 11.1 Å². The van der Waals surface area contributed by atoms with Gasteiger partial charge in [-0.2, -0.15) is 5.10 Å². The molecule has 0 aliphatic heterocycles. The summed E-state index contributed by atoms with van der Waals surface area (Å²) in [7, 11) is 0. The zero-order chi connectivity index (χ0) is 20.9. The lowest BCUT2D eigenvalue weighted by Crippen LogP contribution is -2.28. The van der Waals surface area contributed by atoms with Crippen LogP contribution in [-0.2, 0) is 12.8 Å². The lowest BCUT2D eigenvalue weighted by atomic mass is 9.75. The van der Waals surface area contributed by atoms with E-state index in [4.69, 9.17) is 5.73 Å². The Kier molecular flexibility index (Phi) is 4.71. The first kappa shape index (κ1) is 19.6. The molecule has 0 radical (unpaired) electrons. The number of aromatic nitrogens is 2. The number of rotatable bonds is 6. The van der Waals surface area contributed by atoms with Crippen molar-refractivity contribution in [2.75, 3.05) is 11.9 Å². The monoisotopic (exact) mass is 398 g/mol. The molecule has 1 heterocycles. The number of fused-ring (bicyclic) bond motifs is 1. The van der Waals surface area contributed by atoms with Crippen LogP contribution in [0.5, 0.6) is 0 Å². The molecule has 0 bridgehead atoms. The number of nitrogens with two attached hydrogens (primary N) is 1. The van der Waals surface area contributed by atoms with Gasteiger partial charge in [0.25, 0.3) is 5.91 Å². The molecule has 1 aromatic heterocycles. The fourth-order valence-corrected chi connectivity index (χ4v) is 4.17. The van der Waals surface area contributed by atoms with Gasteiger partial charge in [-0.1, -0.05) is 20.8 Å². The third-order valence-electron chi connectivity index (χ3n) is 5.80. The van der Waals surface area contributed by atoms with Gasteiger partial charge in [-0.25, -0.2) is 9.07 Å². The number of hydrogen-bond donors (Lipinski definition) is 2. The third-order valence-corrected chi connectivity index (χ3v) is 5.80. The number of carbonyl (C=O) groups is 2. The number of amides is 1. The molecule has 6 nitrogen and oxygen atoms in total. The first-order valence-corrected chi connectivity index (χ1v) is 10.2. The van der Waals surface area contributed by atoms with Crippen molar-refractivity contribution in [1.29, 1.82) is 0 Å². The number of Topliss-reactive ketones (excluding diaryl/α,β-unsaturated/α-hetero) is 1. The first-order chi connectivity index (χ1) is 13.7. The molecule has 1 fully saturated rings. The lowest BCUT2D eigenvalue weighted by Gasteiger charge is -2.29. The Morgan fingerprint density at radius 3 is 2.69 bits per heavy atom. The van der Waals surface area contributed by atoms with E-state index >= 15 is 0 Å². The number of nitrogens with zero attached hydrogens (tertiary/aromatic N) is 2. The van der Waals surface area contributed by atoms with Gasteiger partial charge in [0, 0.05) is 19.0 Å². The van der Waals surface area contributed by atoms with Crippen LogP contribution in [0.25, 0.3) is 5.69 Å². The summed E-state index contributed by atoms with van der Waals surface area (Å²) in [5.41, 5.74) is 8.18. The SMILES string of the molecule is CCc1nn(-c2cc(F)c(C(N)=O)c(NCC3CC3)c2)c2c1C(=O)CC(C)(C)C2. The van der Waals surface area contributed by atoms with Crippen molar-refractivity contribution in [1.82, 2.24) is 9.78 Å². The van der Waals surface area contributed by atoms with Crippen molar-refractivity contribution in [3.05, 3.63) is 40.5 Å². The maximum absolute atomic E-state index is 14.9. The summed E-state index contributed by atoms with van der Waals surface area (Å²) < 4.78 is 16.6. The highest BCUT2D eigenvalue weighted by Gasteiger charge is 2.36. The van der Waals surface area contributed by atoms with Crippen LogP contribution in [0.1, 0.15) is 72.1 Å². The molecule has 2 aliphatic carbocycles. The minimum absolute atomic E-state index is 0.0839. The average molecular weight is 398 g/mol. The summed E-state index contributed by atoms with van der Waals surface area (Å²) in [5, 5.41) is 7.83. The second-order valence-electron chi connectivity index (χ2n) is 9.01. The van der Waals surface area contributed by atoms with E-state index in [0.29, 0.717) is 48.7 Å². The van der Waals surface area contributed by atoms with Crippen molar-refractivity contribution in [3.8, 4) is 5.69 Å². The van der Waals surface area contributed by atoms with Crippen LogP contribution in [-0.4, -0.2) is 28.0 Å². The molecule has 1 amide bonds. The zero-order valence-electron chi connectivity index (χ0n) is 17.1. The molecule has 1 saturated carbocycles. The van der Waals surface area contributed by atoms with Gasteiger partial charge in [0.2, 0.25) is 0 Å².